The van der Waals surface area contributed by atoms with Crippen LogP contribution in [0.4, 0.5) is 10.5 Å². The summed E-state index contributed by atoms with van der Waals surface area (Å²) in [6, 6.07) is 15.6. The second-order valence-corrected chi connectivity index (χ2v) is 9.53. The molecule has 3 aliphatic rings. The third-order valence-corrected chi connectivity index (χ3v) is 7.85. The molecule has 3 amide bonds. The van der Waals surface area contributed by atoms with Gasteiger partial charge in [0.25, 0.3) is 0 Å². The zero-order chi connectivity index (χ0) is 22.1. The molecule has 0 aliphatic carbocycles. The molecule has 7 nitrogen and oxygen atoms in total. The summed E-state index contributed by atoms with van der Waals surface area (Å²) < 4.78 is 5.50. The quantitative estimate of drug-likeness (QED) is 0.727. The normalized spacial score (nSPS) is 23.0. The van der Waals surface area contributed by atoms with E-state index in [0.29, 0.717) is 6.54 Å². The van der Waals surface area contributed by atoms with Crippen molar-refractivity contribution < 1.29 is 14.3 Å². The molecule has 2 fully saturated rings. The molecule has 2 atom stereocenters. The molecular formula is C24H28N4O3S. The van der Waals surface area contributed by atoms with E-state index < -0.39 is 0 Å². The number of nitrogens with zero attached hydrogens (tertiary/aromatic N) is 3. The van der Waals surface area contributed by atoms with Crippen LogP contribution in [-0.2, 0) is 4.79 Å². The molecule has 8 heteroatoms. The molecule has 3 aliphatic heterocycles. The number of piperazine rings is 1. The minimum absolute atomic E-state index is 0.0686. The maximum atomic E-state index is 13.0. The number of anilines is 1. The number of imide groups is 1. The fraction of sp³-hybridized carbons (Fsp3) is 0.417. The van der Waals surface area contributed by atoms with Crippen LogP contribution in [0.5, 0.6) is 5.75 Å². The Morgan fingerprint density at radius 2 is 1.75 bits per heavy atom. The number of ether oxygens (including phenoxy) is 1. The lowest BCUT2D eigenvalue weighted by atomic mass is 10.0. The monoisotopic (exact) mass is 452 g/mol. The summed E-state index contributed by atoms with van der Waals surface area (Å²) in [4.78, 5) is 32.9. The van der Waals surface area contributed by atoms with Crippen LogP contribution in [0.3, 0.4) is 0 Å². The number of hydrogen-bond acceptors (Lipinski definition) is 6. The van der Waals surface area contributed by atoms with Crippen LogP contribution in [0.25, 0.3) is 0 Å². The number of benzene rings is 2. The van der Waals surface area contributed by atoms with Crippen molar-refractivity contribution in [3.63, 3.8) is 0 Å². The average molecular weight is 453 g/mol. The Labute approximate surface area is 192 Å². The van der Waals surface area contributed by atoms with Gasteiger partial charge in [0, 0.05) is 37.6 Å². The van der Waals surface area contributed by atoms with Crippen molar-refractivity contribution >= 4 is 29.4 Å². The Bertz CT molecular complexity index is 1010. The number of fused-ring (bicyclic) bond motifs is 3. The Morgan fingerprint density at radius 1 is 1.00 bits per heavy atom. The molecule has 0 spiro atoms. The van der Waals surface area contributed by atoms with Gasteiger partial charge < -0.3 is 15.0 Å². The van der Waals surface area contributed by atoms with E-state index in [1.807, 2.05) is 42.5 Å². The van der Waals surface area contributed by atoms with Gasteiger partial charge in [-0.25, -0.2) is 4.79 Å². The third kappa shape index (κ3) is 3.93. The first-order chi connectivity index (χ1) is 15.7. The van der Waals surface area contributed by atoms with Gasteiger partial charge in [0.15, 0.2) is 0 Å². The molecule has 2 aromatic carbocycles. The average Bonchev–Trinajstić information content (AvgIpc) is 3.20. The second-order valence-electron chi connectivity index (χ2n) is 8.35. The van der Waals surface area contributed by atoms with Crippen molar-refractivity contribution in [2.45, 2.75) is 22.6 Å². The lowest BCUT2D eigenvalue weighted by Crippen LogP contribution is -2.57. The van der Waals surface area contributed by atoms with E-state index in [1.165, 1.54) is 4.90 Å². The summed E-state index contributed by atoms with van der Waals surface area (Å²) in [5.41, 5.74) is 2.19. The van der Waals surface area contributed by atoms with Gasteiger partial charge >= 0.3 is 6.03 Å². The fourth-order valence-electron chi connectivity index (χ4n) is 4.79. The number of amides is 3. The number of carbonyl (C=O) groups is 2. The number of thioether (sulfide) groups is 1. The molecule has 1 N–H and O–H groups in total. The molecule has 0 radical (unpaired) electrons. The van der Waals surface area contributed by atoms with Crippen LogP contribution in [0.15, 0.2) is 53.4 Å². The van der Waals surface area contributed by atoms with E-state index in [1.54, 1.807) is 18.9 Å². The molecule has 2 aromatic rings. The standard InChI is InChI=1S/C24H28N4O3S/c1-31-19-9-4-3-8-18(19)27-15-13-26(14-16-27)11-6-12-28-23(29)22-21(25-24(28)30)17-7-2-5-10-20(17)32-22/h2-5,7-10,21-22H,6,11-16H2,1H3,(H,25,30). The topological polar surface area (TPSA) is 65.1 Å². The summed E-state index contributed by atoms with van der Waals surface area (Å²) in [6.07, 6.45) is 0.781. The van der Waals surface area contributed by atoms with Gasteiger partial charge in [-0.05, 0) is 36.7 Å². The van der Waals surface area contributed by atoms with E-state index in [-0.39, 0.29) is 23.2 Å². The maximum Gasteiger partial charge on any atom is 0.324 e. The molecule has 2 saturated heterocycles. The Hall–Kier alpha value is -2.71. The highest BCUT2D eigenvalue weighted by atomic mass is 32.2. The summed E-state index contributed by atoms with van der Waals surface area (Å²) >= 11 is 1.56. The van der Waals surface area contributed by atoms with Crippen molar-refractivity contribution in [2.24, 2.45) is 0 Å². The largest absolute Gasteiger partial charge is 0.495 e. The molecule has 0 aromatic heterocycles. The van der Waals surface area contributed by atoms with Gasteiger partial charge in [-0.2, -0.15) is 0 Å². The first kappa shape index (κ1) is 21.2. The van der Waals surface area contributed by atoms with Gasteiger partial charge in [0.1, 0.15) is 11.0 Å². The van der Waals surface area contributed by atoms with Crippen LogP contribution < -0.4 is 15.0 Å². The van der Waals surface area contributed by atoms with Gasteiger partial charge in [0.05, 0.1) is 18.8 Å². The minimum Gasteiger partial charge on any atom is -0.495 e. The number of rotatable bonds is 6. The summed E-state index contributed by atoms with van der Waals surface area (Å²) in [6.45, 7) is 5.10. The van der Waals surface area contributed by atoms with Gasteiger partial charge in [0.2, 0.25) is 5.91 Å². The molecule has 3 heterocycles. The van der Waals surface area contributed by atoms with E-state index in [2.05, 4.69) is 21.2 Å². The van der Waals surface area contributed by atoms with Gasteiger partial charge in [-0.3, -0.25) is 14.6 Å². The SMILES string of the molecule is COc1ccccc1N1CCN(CCCN2C(=O)NC3c4ccccc4SC3C2=O)CC1. The number of hydrogen-bond donors (Lipinski definition) is 1. The van der Waals surface area contributed by atoms with Crippen LogP contribution >= 0.6 is 11.8 Å². The number of methoxy groups -OCH3 is 1. The molecule has 0 bridgehead atoms. The highest BCUT2D eigenvalue weighted by Gasteiger charge is 2.46. The zero-order valence-electron chi connectivity index (χ0n) is 18.2. The third-order valence-electron chi connectivity index (χ3n) is 6.50. The first-order valence-corrected chi connectivity index (χ1v) is 12.0. The van der Waals surface area contributed by atoms with Crippen molar-refractivity contribution in [2.75, 3.05) is 51.3 Å². The minimum atomic E-state index is -0.269. The smallest absolute Gasteiger partial charge is 0.324 e. The Balaban J connectivity index is 1.12. The predicted molar refractivity (Wildman–Crippen MR) is 125 cm³/mol. The Kier molecular flexibility index (Phi) is 5.97. The van der Waals surface area contributed by atoms with Gasteiger partial charge in [-0.1, -0.05) is 30.3 Å². The number of carbonyl (C=O) groups excluding carboxylic acids is 2. The van der Waals surface area contributed by atoms with E-state index in [9.17, 15) is 9.59 Å². The maximum absolute atomic E-state index is 13.0. The molecule has 5 rings (SSSR count). The lowest BCUT2D eigenvalue weighted by Gasteiger charge is -2.37. The van der Waals surface area contributed by atoms with Crippen molar-refractivity contribution in [1.29, 1.82) is 0 Å². The number of para-hydroxylation sites is 2. The summed E-state index contributed by atoms with van der Waals surface area (Å²) in [7, 11) is 1.71. The fourth-order valence-corrected chi connectivity index (χ4v) is 6.13. The number of nitrogens with one attached hydrogen (secondary N) is 1. The van der Waals surface area contributed by atoms with Crippen LogP contribution in [-0.4, -0.2) is 73.4 Å². The Morgan fingerprint density at radius 3 is 2.56 bits per heavy atom. The molecule has 32 heavy (non-hydrogen) atoms. The summed E-state index contributed by atoms with van der Waals surface area (Å²) in [5.74, 6) is 0.835. The second kappa shape index (κ2) is 9.03. The predicted octanol–water partition coefficient (Wildman–Crippen LogP) is 2.97. The van der Waals surface area contributed by atoms with E-state index >= 15 is 0 Å². The molecular weight excluding hydrogens is 424 g/mol. The summed E-state index contributed by atoms with van der Waals surface area (Å²) in [5, 5.41) is 2.80. The molecule has 0 saturated carbocycles. The van der Waals surface area contributed by atoms with Crippen molar-refractivity contribution in [1.82, 2.24) is 15.1 Å². The van der Waals surface area contributed by atoms with Crippen LogP contribution in [0.2, 0.25) is 0 Å². The van der Waals surface area contributed by atoms with E-state index in [4.69, 9.17) is 4.74 Å². The van der Waals surface area contributed by atoms with Gasteiger partial charge in [-0.15, -0.1) is 11.8 Å². The first-order valence-electron chi connectivity index (χ1n) is 11.1. The van der Waals surface area contributed by atoms with Crippen molar-refractivity contribution in [3.8, 4) is 5.75 Å². The van der Waals surface area contributed by atoms with Crippen molar-refractivity contribution in [3.05, 3.63) is 54.1 Å². The van der Waals surface area contributed by atoms with E-state index in [0.717, 1.165) is 61.0 Å². The van der Waals surface area contributed by atoms with Crippen LogP contribution in [0.1, 0.15) is 18.0 Å². The lowest BCUT2D eigenvalue weighted by molar-refractivity contribution is -0.129. The zero-order valence-corrected chi connectivity index (χ0v) is 19.0. The highest BCUT2D eigenvalue weighted by molar-refractivity contribution is 8.01. The molecule has 168 valence electrons. The van der Waals surface area contributed by atoms with Crippen LogP contribution in [0, 0.1) is 0 Å². The molecule has 2 unspecified atom stereocenters. The highest BCUT2D eigenvalue weighted by Crippen LogP contribution is 2.46. The number of urea groups is 1.